The summed E-state index contributed by atoms with van der Waals surface area (Å²) >= 11 is 4.74. The van der Waals surface area contributed by atoms with Crippen molar-refractivity contribution in [3.05, 3.63) is 51.1 Å². The number of anilines is 2. The van der Waals surface area contributed by atoms with E-state index in [9.17, 15) is 10.1 Å². The van der Waals surface area contributed by atoms with Gasteiger partial charge in [-0.05, 0) is 34.3 Å². The molecular formula is C12H10BrN3O2S. The molecule has 98 valence electrons. The molecule has 1 aromatic carbocycles. The number of thioether (sulfide) groups is 1. The van der Waals surface area contributed by atoms with Crippen LogP contribution in [0.3, 0.4) is 0 Å². The van der Waals surface area contributed by atoms with E-state index in [1.165, 1.54) is 12.3 Å². The van der Waals surface area contributed by atoms with Crippen LogP contribution in [0.2, 0.25) is 0 Å². The molecule has 0 fully saturated rings. The van der Waals surface area contributed by atoms with Gasteiger partial charge in [0.15, 0.2) is 0 Å². The fraction of sp³-hybridized carbons (Fsp3) is 0.0833. The van der Waals surface area contributed by atoms with Gasteiger partial charge in [0.2, 0.25) is 5.82 Å². The van der Waals surface area contributed by atoms with Crippen molar-refractivity contribution in [1.29, 1.82) is 0 Å². The highest BCUT2D eigenvalue weighted by Gasteiger charge is 2.16. The van der Waals surface area contributed by atoms with E-state index in [1.54, 1.807) is 11.8 Å². The summed E-state index contributed by atoms with van der Waals surface area (Å²) in [6.45, 7) is 0. The molecule has 1 heterocycles. The Hall–Kier alpha value is -1.60. The maximum absolute atomic E-state index is 11.0. The van der Waals surface area contributed by atoms with Gasteiger partial charge in [-0.3, -0.25) is 10.1 Å². The third-order valence-electron chi connectivity index (χ3n) is 2.39. The van der Waals surface area contributed by atoms with Gasteiger partial charge in [-0.15, -0.1) is 11.8 Å². The van der Waals surface area contributed by atoms with Crippen LogP contribution in [0.25, 0.3) is 0 Å². The molecule has 0 saturated heterocycles. The van der Waals surface area contributed by atoms with Gasteiger partial charge in [0.25, 0.3) is 0 Å². The van der Waals surface area contributed by atoms with E-state index in [1.807, 2.05) is 30.5 Å². The summed E-state index contributed by atoms with van der Waals surface area (Å²) in [4.78, 5) is 15.6. The van der Waals surface area contributed by atoms with Crippen molar-refractivity contribution in [3.8, 4) is 0 Å². The number of hydrogen-bond donors (Lipinski definition) is 1. The molecule has 0 atom stereocenters. The normalized spacial score (nSPS) is 10.2. The summed E-state index contributed by atoms with van der Waals surface area (Å²) < 4.78 is 0.572. The summed E-state index contributed by atoms with van der Waals surface area (Å²) in [6.07, 6.45) is 3.47. The Labute approximate surface area is 122 Å². The second-order valence-corrected chi connectivity index (χ2v) is 5.37. The van der Waals surface area contributed by atoms with Crippen molar-refractivity contribution in [2.24, 2.45) is 0 Å². The molecule has 7 heteroatoms. The van der Waals surface area contributed by atoms with Crippen LogP contribution in [0.4, 0.5) is 17.2 Å². The summed E-state index contributed by atoms with van der Waals surface area (Å²) in [6, 6.07) is 9.02. The highest BCUT2D eigenvalue weighted by molar-refractivity contribution is 9.10. The first kappa shape index (κ1) is 13.8. The highest BCUT2D eigenvalue weighted by Crippen LogP contribution is 2.32. The lowest BCUT2D eigenvalue weighted by atomic mass is 10.3. The van der Waals surface area contributed by atoms with Crippen molar-refractivity contribution >= 4 is 44.9 Å². The molecule has 0 aliphatic carbocycles. The predicted molar refractivity (Wildman–Crippen MR) is 80.1 cm³/mol. The van der Waals surface area contributed by atoms with E-state index in [0.717, 1.165) is 10.6 Å². The number of aromatic nitrogens is 1. The SMILES string of the molecule is CSc1ccccc1Nc1ncc(Br)cc1[N+](=O)[O-]. The Morgan fingerprint density at radius 1 is 1.42 bits per heavy atom. The highest BCUT2D eigenvalue weighted by atomic mass is 79.9. The van der Waals surface area contributed by atoms with Crippen molar-refractivity contribution in [2.75, 3.05) is 11.6 Å². The monoisotopic (exact) mass is 339 g/mol. The second-order valence-electron chi connectivity index (χ2n) is 3.60. The van der Waals surface area contributed by atoms with E-state index < -0.39 is 4.92 Å². The molecular weight excluding hydrogens is 330 g/mol. The first-order valence-electron chi connectivity index (χ1n) is 5.32. The van der Waals surface area contributed by atoms with Crippen LogP contribution in [-0.2, 0) is 0 Å². The Bertz CT molecular complexity index is 622. The van der Waals surface area contributed by atoms with Crippen LogP contribution in [0.1, 0.15) is 0 Å². The van der Waals surface area contributed by atoms with E-state index in [2.05, 4.69) is 26.2 Å². The third kappa shape index (κ3) is 3.24. The summed E-state index contributed by atoms with van der Waals surface area (Å²) in [5.41, 5.74) is 0.734. The predicted octanol–water partition coefficient (Wildman–Crippen LogP) is 4.22. The number of hydrogen-bond acceptors (Lipinski definition) is 5. The molecule has 19 heavy (non-hydrogen) atoms. The molecule has 0 aliphatic rings. The summed E-state index contributed by atoms with van der Waals surface area (Å²) in [5.74, 6) is 0.231. The van der Waals surface area contributed by atoms with Gasteiger partial charge in [-0.2, -0.15) is 0 Å². The van der Waals surface area contributed by atoms with Crippen molar-refractivity contribution in [2.45, 2.75) is 4.90 Å². The molecule has 0 spiro atoms. The van der Waals surface area contributed by atoms with Gasteiger partial charge in [0.05, 0.1) is 10.6 Å². The Balaban J connectivity index is 2.41. The van der Waals surface area contributed by atoms with Gasteiger partial charge < -0.3 is 5.32 Å². The second kappa shape index (κ2) is 6.03. The number of benzene rings is 1. The van der Waals surface area contributed by atoms with Gasteiger partial charge in [0, 0.05) is 21.6 Å². The topological polar surface area (TPSA) is 68.1 Å². The standard InChI is InChI=1S/C12H10BrN3O2S/c1-19-11-5-3-2-4-9(11)15-12-10(16(17)18)6-8(13)7-14-12/h2-7H,1H3,(H,14,15). The van der Waals surface area contributed by atoms with Crippen LogP contribution >= 0.6 is 27.7 Å². The number of rotatable bonds is 4. The minimum absolute atomic E-state index is 0.0646. The number of nitrogens with zero attached hydrogens (tertiary/aromatic N) is 2. The van der Waals surface area contributed by atoms with Gasteiger partial charge in [-0.25, -0.2) is 4.98 Å². The average Bonchev–Trinajstić information content (AvgIpc) is 2.41. The fourth-order valence-corrected chi connectivity index (χ4v) is 2.41. The Morgan fingerprint density at radius 3 is 2.84 bits per heavy atom. The van der Waals surface area contributed by atoms with E-state index in [4.69, 9.17) is 0 Å². The maximum Gasteiger partial charge on any atom is 0.312 e. The van der Waals surface area contributed by atoms with Crippen molar-refractivity contribution in [1.82, 2.24) is 4.98 Å². The van der Waals surface area contributed by atoms with Gasteiger partial charge >= 0.3 is 5.69 Å². The molecule has 0 radical (unpaired) electrons. The lowest BCUT2D eigenvalue weighted by molar-refractivity contribution is -0.384. The number of pyridine rings is 1. The summed E-state index contributed by atoms with van der Waals surface area (Å²) in [7, 11) is 0. The first-order chi connectivity index (χ1) is 9.11. The van der Waals surface area contributed by atoms with E-state index in [-0.39, 0.29) is 11.5 Å². The minimum atomic E-state index is -0.457. The van der Waals surface area contributed by atoms with Crippen LogP contribution in [0, 0.1) is 10.1 Å². The van der Waals surface area contributed by atoms with Crippen LogP contribution < -0.4 is 5.32 Å². The third-order valence-corrected chi connectivity index (χ3v) is 3.62. The molecule has 1 N–H and O–H groups in total. The quantitative estimate of drug-likeness (QED) is 0.513. The molecule has 1 aromatic heterocycles. The molecule has 2 aromatic rings. The zero-order valence-corrected chi connectivity index (χ0v) is 12.4. The van der Waals surface area contributed by atoms with Crippen molar-refractivity contribution in [3.63, 3.8) is 0 Å². The molecule has 5 nitrogen and oxygen atoms in total. The van der Waals surface area contributed by atoms with Gasteiger partial charge in [0.1, 0.15) is 0 Å². The molecule has 0 bridgehead atoms. The number of nitro groups is 1. The molecule has 0 aliphatic heterocycles. The van der Waals surface area contributed by atoms with Crippen LogP contribution in [0.5, 0.6) is 0 Å². The van der Waals surface area contributed by atoms with Crippen LogP contribution in [-0.4, -0.2) is 16.2 Å². The largest absolute Gasteiger partial charge is 0.334 e. The minimum Gasteiger partial charge on any atom is -0.334 e. The van der Waals surface area contributed by atoms with Crippen molar-refractivity contribution < 1.29 is 4.92 Å². The average molecular weight is 340 g/mol. The lowest BCUT2D eigenvalue weighted by Gasteiger charge is -2.09. The van der Waals surface area contributed by atoms with E-state index >= 15 is 0 Å². The molecule has 0 saturated carbocycles. The smallest absolute Gasteiger partial charge is 0.312 e. The van der Waals surface area contributed by atoms with Gasteiger partial charge in [-0.1, -0.05) is 12.1 Å². The lowest BCUT2D eigenvalue weighted by Crippen LogP contribution is -2.00. The van der Waals surface area contributed by atoms with Crippen LogP contribution in [0.15, 0.2) is 45.9 Å². The number of nitrogens with one attached hydrogen (secondary N) is 1. The first-order valence-corrected chi connectivity index (χ1v) is 7.33. The molecule has 0 amide bonds. The summed E-state index contributed by atoms with van der Waals surface area (Å²) in [5, 5.41) is 14.0. The zero-order valence-electron chi connectivity index (χ0n) is 9.96. The number of para-hydroxylation sites is 1. The molecule has 0 unspecified atom stereocenters. The maximum atomic E-state index is 11.0. The Morgan fingerprint density at radius 2 is 2.16 bits per heavy atom. The zero-order chi connectivity index (χ0) is 13.8. The number of halogens is 1. The van der Waals surface area contributed by atoms with E-state index in [0.29, 0.717) is 4.47 Å². The fourth-order valence-electron chi connectivity index (χ4n) is 1.54. The molecule has 2 rings (SSSR count). The Kier molecular flexibility index (Phi) is 4.39.